The molecule has 5 nitrogen and oxygen atoms in total. The number of nitrogens with zero attached hydrogens (tertiary/aromatic N) is 1. The first kappa shape index (κ1) is 17.3. The van der Waals surface area contributed by atoms with Crippen LogP contribution in [-0.2, 0) is 0 Å². The Morgan fingerprint density at radius 2 is 2.00 bits per heavy atom. The van der Waals surface area contributed by atoms with Gasteiger partial charge < -0.3 is 20.6 Å². The van der Waals surface area contributed by atoms with Gasteiger partial charge in [0.05, 0.1) is 24.0 Å². The van der Waals surface area contributed by atoms with Crippen molar-refractivity contribution in [2.75, 3.05) is 30.4 Å². The van der Waals surface area contributed by atoms with Crippen molar-refractivity contribution in [3.8, 4) is 0 Å². The van der Waals surface area contributed by atoms with Crippen LogP contribution in [0, 0.1) is 5.92 Å². The topological polar surface area (TPSA) is 64.6 Å². The van der Waals surface area contributed by atoms with Crippen LogP contribution in [0.15, 0.2) is 24.3 Å². The maximum atomic E-state index is 12.1. The fraction of sp³-hybridized carbons (Fsp3) is 0.562. The number of carbonyl (C=O) groups excluding carboxylic acids is 1. The number of aliphatic hydroxyl groups is 1. The SMILES string of the molecule is CCN(C)c1ccccc1NC(=O)N[C@@H](CO)CC(C)C. The van der Waals surface area contributed by atoms with E-state index in [4.69, 9.17) is 0 Å². The van der Waals surface area contributed by atoms with Crippen molar-refractivity contribution in [3.63, 3.8) is 0 Å². The van der Waals surface area contributed by atoms with Crippen LogP contribution in [-0.4, -0.2) is 37.4 Å². The van der Waals surface area contributed by atoms with Crippen LogP contribution in [0.1, 0.15) is 27.2 Å². The van der Waals surface area contributed by atoms with E-state index in [1.165, 1.54) is 0 Å². The predicted molar refractivity (Wildman–Crippen MR) is 87.9 cm³/mol. The largest absolute Gasteiger partial charge is 0.394 e. The van der Waals surface area contributed by atoms with Gasteiger partial charge in [-0.05, 0) is 31.4 Å². The van der Waals surface area contributed by atoms with E-state index in [1.54, 1.807) is 0 Å². The van der Waals surface area contributed by atoms with E-state index in [-0.39, 0.29) is 18.7 Å². The molecule has 0 bridgehead atoms. The third kappa shape index (κ3) is 5.63. The monoisotopic (exact) mass is 293 g/mol. The molecule has 1 aromatic rings. The Kier molecular flexibility index (Phi) is 7.02. The van der Waals surface area contributed by atoms with Crippen LogP contribution >= 0.6 is 0 Å². The Morgan fingerprint density at radius 3 is 2.57 bits per heavy atom. The third-order valence-corrected chi connectivity index (χ3v) is 3.35. The summed E-state index contributed by atoms with van der Waals surface area (Å²) in [6.45, 7) is 6.98. The molecule has 21 heavy (non-hydrogen) atoms. The Bertz CT molecular complexity index is 449. The van der Waals surface area contributed by atoms with Crippen LogP contribution in [0.2, 0.25) is 0 Å². The van der Waals surface area contributed by atoms with Crippen LogP contribution in [0.5, 0.6) is 0 Å². The third-order valence-electron chi connectivity index (χ3n) is 3.35. The molecule has 0 unspecified atom stereocenters. The Hall–Kier alpha value is -1.75. The van der Waals surface area contributed by atoms with Gasteiger partial charge in [-0.15, -0.1) is 0 Å². The summed E-state index contributed by atoms with van der Waals surface area (Å²) >= 11 is 0. The predicted octanol–water partition coefficient (Wildman–Crippen LogP) is 2.67. The molecule has 5 heteroatoms. The number of benzene rings is 1. The average molecular weight is 293 g/mol. The molecule has 0 aliphatic heterocycles. The van der Waals surface area contributed by atoms with Crippen LogP contribution < -0.4 is 15.5 Å². The molecule has 0 aromatic heterocycles. The summed E-state index contributed by atoms with van der Waals surface area (Å²) in [4.78, 5) is 14.1. The molecule has 1 aromatic carbocycles. The summed E-state index contributed by atoms with van der Waals surface area (Å²) in [5.41, 5.74) is 1.74. The van der Waals surface area contributed by atoms with Crippen molar-refractivity contribution in [2.24, 2.45) is 5.92 Å². The number of hydrogen-bond donors (Lipinski definition) is 3. The number of amides is 2. The Balaban J connectivity index is 2.70. The Morgan fingerprint density at radius 1 is 1.33 bits per heavy atom. The molecule has 0 saturated heterocycles. The van der Waals surface area contributed by atoms with Crippen molar-refractivity contribution < 1.29 is 9.90 Å². The quantitative estimate of drug-likeness (QED) is 0.724. The molecule has 0 aliphatic rings. The Labute approximate surface area is 127 Å². The van der Waals surface area contributed by atoms with Crippen molar-refractivity contribution in [2.45, 2.75) is 33.2 Å². The van der Waals surface area contributed by atoms with E-state index in [1.807, 2.05) is 31.3 Å². The summed E-state index contributed by atoms with van der Waals surface area (Å²) in [7, 11) is 1.98. The van der Waals surface area contributed by atoms with E-state index in [9.17, 15) is 9.90 Å². The first-order valence-electron chi connectivity index (χ1n) is 7.46. The van der Waals surface area contributed by atoms with Crippen LogP contribution in [0.25, 0.3) is 0 Å². The maximum Gasteiger partial charge on any atom is 0.319 e. The van der Waals surface area contributed by atoms with Gasteiger partial charge in [0.15, 0.2) is 0 Å². The van der Waals surface area contributed by atoms with Crippen molar-refractivity contribution in [1.29, 1.82) is 0 Å². The highest BCUT2D eigenvalue weighted by Crippen LogP contribution is 2.24. The zero-order valence-corrected chi connectivity index (χ0v) is 13.4. The van der Waals surface area contributed by atoms with Gasteiger partial charge >= 0.3 is 6.03 Å². The molecule has 118 valence electrons. The standard InChI is InChI=1S/C16H27N3O2/c1-5-19(4)15-9-7-6-8-14(15)18-16(21)17-13(11-20)10-12(2)3/h6-9,12-13,20H,5,10-11H2,1-4H3,(H2,17,18,21)/t13-/m1/s1. The van der Waals surface area contributed by atoms with Gasteiger partial charge in [-0.25, -0.2) is 4.79 Å². The number of urea groups is 1. The molecule has 1 rings (SSSR count). The lowest BCUT2D eigenvalue weighted by molar-refractivity contribution is 0.214. The molecule has 0 radical (unpaired) electrons. The molecule has 0 heterocycles. The normalized spacial score (nSPS) is 12.1. The van der Waals surface area contributed by atoms with E-state index >= 15 is 0 Å². The number of aliphatic hydroxyl groups excluding tert-OH is 1. The maximum absolute atomic E-state index is 12.1. The van der Waals surface area contributed by atoms with Gasteiger partial charge in [-0.3, -0.25) is 0 Å². The van der Waals surface area contributed by atoms with E-state index < -0.39 is 0 Å². The molecule has 0 fully saturated rings. The molecule has 0 spiro atoms. The van der Waals surface area contributed by atoms with E-state index in [0.29, 0.717) is 5.92 Å². The van der Waals surface area contributed by atoms with E-state index in [0.717, 1.165) is 24.3 Å². The molecule has 0 saturated carbocycles. The van der Waals surface area contributed by atoms with Crippen LogP contribution in [0.4, 0.5) is 16.2 Å². The summed E-state index contributed by atoms with van der Waals surface area (Å²) in [5, 5.41) is 15.0. The molecular formula is C16H27N3O2. The lowest BCUT2D eigenvalue weighted by Gasteiger charge is -2.22. The second-order valence-electron chi connectivity index (χ2n) is 5.64. The zero-order chi connectivity index (χ0) is 15.8. The van der Waals surface area contributed by atoms with Gasteiger partial charge in [0.2, 0.25) is 0 Å². The number of rotatable bonds is 7. The number of para-hydroxylation sites is 2. The zero-order valence-electron chi connectivity index (χ0n) is 13.4. The molecule has 3 N–H and O–H groups in total. The van der Waals surface area contributed by atoms with Crippen molar-refractivity contribution >= 4 is 17.4 Å². The lowest BCUT2D eigenvalue weighted by atomic mass is 10.0. The smallest absolute Gasteiger partial charge is 0.319 e. The molecule has 0 aliphatic carbocycles. The lowest BCUT2D eigenvalue weighted by Crippen LogP contribution is -2.41. The summed E-state index contributed by atoms with van der Waals surface area (Å²) in [5.74, 6) is 0.418. The highest BCUT2D eigenvalue weighted by molar-refractivity contribution is 5.93. The molecular weight excluding hydrogens is 266 g/mol. The van der Waals surface area contributed by atoms with Gasteiger partial charge in [0.25, 0.3) is 0 Å². The van der Waals surface area contributed by atoms with Crippen molar-refractivity contribution in [1.82, 2.24) is 5.32 Å². The summed E-state index contributed by atoms with van der Waals surface area (Å²) in [6, 6.07) is 7.17. The average Bonchev–Trinajstić information content (AvgIpc) is 2.45. The van der Waals surface area contributed by atoms with Gasteiger partial charge in [0.1, 0.15) is 0 Å². The fourth-order valence-electron chi connectivity index (χ4n) is 2.17. The number of hydrogen-bond acceptors (Lipinski definition) is 3. The summed E-state index contributed by atoms with van der Waals surface area (Å²) < 4.78 is 0. The minimum Gasteiger partial charge on any atom is -0.394 e. The second-order valence-corrected chi connectivity index (χ2v) is 5.64. The van der Waals surface area contributed by atoms with Gasteiger partial charge in [0, 0.05) is 13.6 Å². The number of nitrogens with one attached hydrogen (secondary N) is 2. The van der Waals surface area contributed by atoms with E-state index in [2.05, 4.69) is 36.3 Å². The first-order chi connectivity index (χ1) is 9.97. The fourth-order valence-corrected chi connectivity index (χ4v) is 2.17. The number of carbonyl (C=O) groups is 1. The van der Waals surface area contributed by atoms with Crippen LogP contribution in [0.3, 0.4) is 0 Å². The number of anilines is 2. The van der Waals surface area contributed by atoms with Gasteiger partial charge in [-0.1, -0.05) is 26.0 Å². The highest BCUT2D eigenvalue weighted by Gasteiger charge is 2.14. The minimum atomic E-state index is -0.286. The highest BCUT2D eigenvalue weighted by atomic mass is 16.3. The summed E-state index contributed by atoms with van der Waals surface area (Å²) in [6.07, 6.45) is 0.750. The molecule has 1 atom stereocenters. The van der Waals surface area contributed by atoms with Crippen molar-refractivity contribution in [3.05, 3.63) is 24.3 Å². The van der Waals surface area contributed by atoms with Gasteiger partial charge in [-0.2, -0.15) is 0 Å². The minimum absolute atomic E-state index is 0.0535. The second kappa shape index (κ2) is 8.52. The first-order valence-corrected chi connectivity index (χ1v) is 7.46. The molecule has 2 amide bonds.